The predicted molar refractivity (Wildman–Crippen MR) is 242 cm³/mol. The number of amides is 5. The van der Waals surface area contributed by atoms with Crippen molar-refractivity contribution in [3.63, 3.8) is 0 Å². The van der Waals surface area contributed by atoms with E-state index >= 15 is 4.79 Å². The SMILES string of the molecule is C=C[C@@H]1C[C@]1(NC(=O)[C@@H]1C[C@@H](Oc2cc(-c3ccccc3)nc3cc(OC)ccc23)CN1C(=O)[C@@H](CC(=O)N1CC2CC1CN2C(=O)OC(C)(C)C)C(C)(C)C)C(=O)N(C1CC1)[SH](=O)=O. The Morgan fingerprint density at radius 3 is 2.22 bits per heavy atom. The predicted octanol–water partition coefficient (Wildman–Crippen LogP) is 5.11. The van der Waals surface area contributed by atoms with Gasteiger partial charge in [0.05, 0.1) is 42.9 Å². The third-order valence-electron chi connectivity index (χ3n) is 13.4. The van der Waals surface area contributed by atoms with Gasteiger partial charge in [-0.3, -0.25) is 19.2 Å². The molecular weight excluding hydrogens is 853 g/mol. The van der Waals surface area contributed by atoms with E-state index in [-0.39, 0.29) is 43.8 Å². The van der Waals surface area contributed by atoms with Gasteiger partial charge in [-0.15, -0.1) is 6.58 Å². The number of nitrogens with zero attached hydrogens (tertiary/aromatic N) is 5. The van der Waals surface area contributed by atoms with E-state index in [0.29, 0.717) is 60.4 Å². The molecular formula is C48H60N6O10S. The van der Waals surface area contributed by atoms with Gasteiger partial charge in [0.2, 0.25) is 28.6 Å². The molecule has 2 saturated carbocycles. The Morgan fingerprint density at radius 1 is 0.938 bits per heavy atom. The molecule has 17 heteroatoms. The molecule has 2 bridgehead atoms. The van der Waals surface area contributed by atoms with Crippen LogP contribution in [0.4, 0.5) is 4.79 Å². The van der Waals surface area contributed by atoms with Gasteiger partial charge in [0, 0.05) is 61.0 Å². The van der Waals surface area contributed by atoms with Crippen LogP contribution in [0.15, 0.2) is 67.3 Å². The van der Waals surface area contributed by atoms with Gasteiger partial charge in [-0.1, -0.05) is 57.2 Å². The van der Waals surface area contributed by atoms with Crippen LogP contribution in [0.5, 0.6) is 11.5 Å². The van der Waals surface area contributed by atoms with Crippen molar-refractivity contribution in [2.75, 3.05) is 26.7 Å². The van der Waals surface area contributed by atoms with Gasteiger partial charge in [-0.05, 0) is 64.0 Å². The van der Waals surface area contributed by atoms with Gasteiger partial charge in [-0.2, -0.15) is 0 Å². The van der Waals surface area contributed by atoms with Gasteiger partial charge >= 0.3 is 6.09 Å². The molecule has 2 unspecified atom stereocenters. The van der Waals surface area contributed by atoms with Crippen LogP contribution in [0.3, 0.4) is 0 Å². The van der Waals surface area contributed by atoms with Crippen molar-refractivity contribution >= 4 is 51.5 Å². The highest BCUT2D eigenvalue weighted by molar-refractivity contribution is 7.70. The molecule has 348 valence electrons. The second-order valence-corrected chi connectivity index (χ2v) is 21.1. The fourth-order valence-electron chi connectivity index (χ4n) is 9.70. The molecule has 4 heterocycles. The summed E-state index contributed by atoms with van der Waals surface area (Å²) in [5, 5.41) is 3.60. The van der Waals surface area contributed by atoms with Gasteiger partial charge in [-0.25, -0.2) is 22.5 Å². The highest BCUT2D eigenvalue weighted by Gasteiger charge is 2.64. The number of fused-ring (bicyclic) bond motifs is 3. The number of methoxy groups -OCH3 is 1. The first-order chi connectivity index (χ1) is 30.7. The van der Waals surface area contributed by atoms with E-state index in [4.69, 9.17) is 19.2 Å². The normalized spacial score (nSPS) is 25.4. The maximum Gasteiger partial charge on any atom is 0.410 e. The Hall–Kier alpha value is -5.71. The number of ether oxygens (including phenoxy) is 3. The summed E-state index contributed by atoms with van der Waals surface area (Å²) in [5.74, 6) is -2.32. The maximum atomic E-state index is 15.2. The Labute approximate surface area is 381 Å². The zero-order valence-corrected chi connectivity index (χ0v) is 39.0. The lowest BCUT2D eigenvalue weighted by molar-refractivity contribution is -0.149. The first-order valence-electron chi connectivity index (χ1n) is 22.4. The highest BCUT2D eigenvalue weighted by Crippen LogP contribution is 2.48. The molecule has 5 fully saturated rings. The number of benzene rings is 2. The quantitative estimate of drug-likeness (QED) is 0.172. The Balaban J connectivity index is 1.09. The molecule has 7 atom stereocenters. The minimum Gasteiger partial charge on any atom is -0.497 e. The summed E-state index contributed by atoms with van der Waals surface area (Å²) >= 11 is 0. The van der Waals surface area contributed by atoms with Crippen molar-refractivity contribution in [3.05, 3.63) is 67.3 Å². The van der Waals surface area contributed by atoms with Gasteiger partial charge in [0.15, 0.2) is 0 Å². The fraction of sp³-hybridized carbons (Fsp3) is 0.542. The average molecular weight is 913 g/mol. The third kappa shape index (κ3) is 9.25. The van der Waals surface area contributed by atoms with Crippen molar-refractivity contribution in [1.82, 2.24) is 29.3 Å². The average Bonchev–Trinajstić information content (AvgIpc) is 4.06. The lowest BCUT2D eigenvalue weighted by atomic mass is 9.77. The van der Waals surface area contributed by atoms with Crippen LogP contribution in [-0.4, -0.2) is 130 Å². The van der Waals surface area contributed by atoms with Crippen LogP contribution >= 0.6 is 0 Å². The molecule has 8 rings (SSSR count). The van der Waals surface area contributed by atoms with E-state index < -0.39 is 81.3 Å². The van der Waals surface area contributed by atoms with E-state index in [1.165, 1.54) is 11.0 Å². The molecule has 2 aromatic carbocycles. The summed E-state index contributed by atoms with van der Waals surface area (Å²) in [4.78, 5) is 81.1. The highest BCUT2D eigenvalue weighted by atomic mass is 32.2. The summed E-state index contributed by atoms with van der Waals surface area (Å²) < 4.78 is 43.6. The molecule has 16 nitrogen and oxygen atoms in total. The number of hydrogen-bond donors (Lipinski definition) is 2. The number of piperazine rings is 1. The molecule has 65 heavy (non-hydrogen) atoms. The number of likely N-dealkylation sites (tertiary alicyclic amines) is 3. The molecule has 5 aliphatic rings. The topological polar surface area (TPSA) is 185 Å². The summed E-state index contributed by atoms with van der Waals surface area (Å²) in [6.07, 6.45) is 2.14. The van der Waals surface area contributed by atoms with Gasteiger partial charge < -0.3 is 34.2 Å². The molecule has 3 aromatic rings. The van der Waals surface area contributed by atoms with E-state index in [1.54, 1.807) is 23.0 Å². The molecule has 1 N–H and O–H groups in total. The monoisotopic (exact) mass is 912 g/mol. The van der Waals surface area contributed by atoms with Crippen molar-refractivity contribution < 1.29 is 46.6 Å². The fourth-order valence-corrected chi connectivity index (χ4v) is 10.5. The molecule has 1 aromatic heterocycles. The molecule has 2 aliphatic carbocycles. The lowest BCUT2D eigenvalue weighted by Gasteiger charge is -2.38. The van der Waals surface area contributed by atoms with Crippen molar-refractivity contribution in [1.29, 1.82) is 0 Å². The Bertz CT molecular complexity index is 2470. The summed E-state index contributed by atoms with van der Waals surface area (Å²) in [6.45, 7) is 15.6. The van der Waals surface area contributed by atoms with Crippen molar-refractivity contribution in [2.24, 2.45) is 17.3 Å². The smallest absolute Gasteiger partial charge is 0.410 e. The number of rotatable bonds is 13. The van der Waals surface area contributed by atoms with Crippen LogP contribution in [0.2, 0.25) is 0 Å². The van der Waals surface area contributed by atoms with Crippen molar-refractivity contribution in [3.8, 4) is 22.8 Å². The molecule has 5 amide bonds. The zero-order valence-electron chi connectivity index (χ0n) is 38.2. The van der Waals surface area contributed by atoms with E-state index in [0.717, 1.165) is 9.87 Å². The third-order valence-corrected chi connectivity index (χ3v) is 14.3. The van der Waals surface area contributed by atoms with Crippen molar-refractivity contribution in [2.45, 2.75) is 121 Å². The molecule has 3 saturated heterocycles. The van der Waals surface area contributed by atoms with Crippen LogP contribution < -0.4 is 14.8 Å². The minimum atomic E-state index is -3.27. The molecule has 3 aliphatic heterocycles. The Morgan fingerprint density at radius 2 is 1.63 bits per heavy atom. The maximum absolute atomic E-state index is 15.2. The number of nitrogens with one attached hydrogen (secondary N) is 1. The second kappa shape index (κ2) is 17.3. The zero-order chi connectivity index (χ0) is 46.7. The van der Waals surface area contributed by atoms with Crippen LogP contribution in [0.1, 0.15) is 80.1 Å². The second-order valence-electron chi connectivity index (χ2n) is 20.2. The van der Waals surface area contributed by atoms with Gasteiger partial charge in [0.25, 0.3) is 5.91 Å². The summed E-state index contributed by atoms with van der Waals surface area (Å²) in [6, 6.07) is 14.9. The number of hydrogen-bond acceptors (Lipinski definition) is 11. The first-order valence-corrected chi connectivity index (χ1v) is 23.6. The van der Waals surface area contributed by atoms with Gasteiger partial charge in [0.1, 0.15) is 34.8 Å². The minimum absolute atomic E-state index is 0.0238. The standard InChI is InChI=1S/C48H60N6O10S/c1-9-29-24-48(29,44(58)54(65(60)61)30-15-16-30)50-42(56)39-21-34(63-40-23-37(28-13-11-10-12-14-28)49-38-20-33(62-8)17-18-35(38)40)27-53(39)43(57)36(46(2,3)4)22-41(55)51-25-32-19-31(51)26-52(32)45(59)64-47(5,6)7/h9-14,17-18,20,23,29-32,34,36,39,65H,1,15-16,19,21-22,24-27H2,2-8H3,(H,50,56)/t29-,31?,32?,34-,36-,39+,48-/m1/s1. The van der Waals surface area contributed by atoms with Crippen LogP contribution in [-0.2, 0) is 34.8 Å². The number of thiol groups is 1. The number of carbonyl (C=O) groups excluding carboxylic acids is 5. The molecule has 0 radical (unpaired) electrons. The largest absolute Gasteiger partial charge is 0.497 e. The first kappa shape index (κ1) is 45.8. The number of aromatic nitrogens is 1. The number of carbonyl (C=O) groups is 5. The van der Waals surface area contributed by atoms with Crippen LogP contribution in [0.25, 0.3) is 22.2 Å². The van der Waals surface area contributed by atoms with E-state index in [9.17, 15) is 27.6 Å². The molecule has 0 spiro atoms. The lowest BCUT2D eigenvalue weighted by Crippen LogP contribution is -2.57. The Kier molecular flexibility index (Phi) is 12.2. The van der Waals surface area contributed by atoms with E-state index in [1.807, 2.05) is 90.1 Å². The summed E-state index contributed by atoms with van der Waals surface area (Å²) in [7, 11) is -1.69. The number of pyridine rings is 1. The van der Waals surface area contributed by atoms with Crippen LogP contribution in [0, 0.1) is 17.3 Å². The summed E-state index contributed by atoms with van der Waals surface area (Å²) in [5.41, 5.74) is -0.856. The van der Waals surface area contributed by atoms with E-state index in [2.05, 4.69) is 11.9 Å².